The van der Waals surface area contributed by atoms with E-state index in [-0.39, 0.29) is 17.4 Å². The first-order valence-corrected chi connectivity index (χ1v) is 13.3. The molecule has 5 heteroatoms. The Morgan fingerprint density at radius 2 is 1.69 bits per heavy atom. The minimum absolute atomic E-state index is 0.0122. The van der Waals surface area contributed by atoms with Crippen LogP contribution >= 0.6 is 0 Å². The lowest BCUT2D eigenvalue weighted by molar-refractivity contribution is -0.118. The van der Waals surface area contributed by atoms with Gasteiger partial charge in [-0.05, 0) is 84.9 Å². The van der Waals surface area contributed by atoms with Gasteiger partial charge < -0.3 is 5.32 Å². The van der Waals surface area contributed by atoms with E-state index in [1.165, 1.54) is 31.2 Å². The average molecular weight is 480 g/mol. The Hall–Kier alpha value is -3.60. The van der Waals surface area contributed by atoms with Gasteiger partial charge in [0.15, 0.2) is 0 Å². The van der Waals surface area contributed by atoms with Crippen molar-refractivity contribution >= 4 is 22.5 Å². The van der Waals surface area contributed by atoms with Gasteiger partial charge in [-0.1, -0.05) is 61.4 Å². The van der Waals surface area contributed by atoms with Gasteiger partial charge in [-0.25, -0.2) is 4.68 Å². The maximum absolute atomic E-state index is 13.6. The van der Waals surface area contributed by atoms with Crippen molar-refractivity contribution in [2.24, 2.45) is 11.8 Å². The topological polar surface area (TPSA) is 66.9 Å². The minimum atomic E-state index is -0.163. The fourth-order valence-electron chi connectivity index (χ4n) is 5.81. The molecule has 2 fully saturated rings. The van der Waals surface area contributed by atoms with Crippen molar-refractivity contribution in [3.05, 3.63) is 99.8 Å². The summed E-state index contributed by atoms with van der Waals surface area (Å²) in [6, 6.07) is 24.2. The molecule has 0 aliphatic heterocycles. The van der Waals surface area contributed by atoms with Gasteiger partial charge in [-0.3, -0.25) is 14.7 Å². The number of nitrogens with one attached hydrogen (secondary N) is 2. The van der Waals surface area contributed by atoms with Crippen LogP contribution in [0.25, 0.3) is 10.9 Å². The number of hydrogen-bond donors (Lipinski definition) is 2. The lowest BCUT2D eigenvalue weighted by atomic mass is 9.83. The van der Waals surface area contributed by atoms with Gasteiger partial charge in [0.05, 0.1) is 23.4 Å². The number of aromatic nitrogens is 2. The average Bonchev–Trinajstić information content (AvgIpc) is 3.43. The second kappa shape index (κ2) is 9.81. The smallest absolute Gasteiger partial charge is 0.274 e. The number of H-pyrrole nitrogens is 1. The number of anilines is 1. The highest BCUT2D eigenvalue weighted by Gasteiger charge is 2.32. The zero-order valence-corrected chi connectivity index (χ0v) is 20.6. The second-order valence-corrected chi connectivity index (χ2v) is 10.6. The zero-order chi connectivity index (χ0) is 24.5. The van der Waals surface area contributed by atoms with Gasteiger partial charge in [0.1, 0.15) is 0 Å². The fourth-order valence-corrected chi connectivity index (χ4v) is 5.81. The Labute approximate surface area is 211 Å². The van der Waals surface area contributed by atoms with Crippen molar-refractivity contribution in [2.45, 2.75) is 57.4 Å². The summed E-state index contributed by atoms with van der Waals surface area (Å²) in [5, 5.41) is 7.14. The van der Waals surface area contributed by atoms with Gasteiger partial charge in [0, 0.05) is 5.69 Å². The van der Waals surface area contributed by atoms with Crippen LogP contribution in [-0.2, 0) is 17.8 Å². The van der Waals surface area contributed by atoms with Crippen LogP contribution in [0.4, 0.5) is 5.69 Å². The van der Waals surface area contributed by atoms with Crippen molar-refractivity contribution in [1.29, 1.82) is 0 Å². The van der Waals surface area contributed by atoms with Crippen LogP contribution in [0, 0.1) is 11.8 Å². The van der Waals surface area contributed by atoms with Crippen LogP contribution in [-0.4, -0.2) is 15.7 Å². The van der Waals surface area contributed by atoms with Gasteiger partial charge in [0.2, 0.25) is 5.91 Å². The highest BCUT2D eigenvalue weighted by Crippen LogP contribution is 2.38. The molecule has 0 spiro atoms. The summed E-state index contributed by atoms with van der Waals surface area (Å²) >= 11 is 0. The van der Waals surface area contributed by atoms with Crippen LogP contribution in [0.5, 0.6) is 0 Å². The molecular weight excluding hydrogens is 446 g/mol. The van der Waals surface area contributed by atoms with E-state index in [0.29, 0.717) is 17.8 Å². The molecule has 1 aromatic heterocycles. The molecule has 1 unspecified atom stereocenters. The van der Waals surface area contributed by atoms with E-state index >= 15 is 0 Å². The summed E-state index contributed by atoms with van der Waals surface area (Å²) in [7, 11) is 0. The molecule has 2 aliphatic carbocycles. The zero-order valence-electron chi connectivity index (χ0n) is 20.6. The van der Waals surface area contributed by atoms with Crippen LogP contribution in [0.2, 0.25) is 0 Å². The molecule has 0 bridgehead atoms. The largest absolute Gasteiger partial charge is 0.326 e. The highest BCUT2D eigenvalue weighted by atomic mass is 16.2. The summed E-state index contributed by atoms with van der Waals surface area (Å²) < 4.78 is 1.65. The molecular formula is C31H33N3O2. The Morgan fingerprint density at radius 1 is 0.917 bits per heavy atom. The number of hydrogen-bond acceptors (Lipinski definition) is 2. The van der Waals surface area contributed by atoms with Crippen molar-refractivity contribution in [3.63, 3.8) is 0 Å². The van der Waals surface area contributed by atoms with E-state index in [1.807, 2.05) is 30.3 Å². The Morgan fingerprint density at radius 3 is 2.44 bits per heavy atom. The Balaban J connectivity index is 1.21. The standard InChI is InChI=1S/C31H33N3O2/c35-30(32-26-9-5-6-23(19-26)18-21-12-13-21)29(24-7-1-2-8-24)25-16-14-22(15-17-25)20-34-31(36)27-10-3-4-11-28(27)33-34/h3-6,9-11,14-17,19,21,24,29,33H,1-2,7-8,12-13,18,20H2,(H,32,35). The predicted molar refractivity (Wildman–Crippen MR) is 144 cm³/mol. The molecule has 2 saturated carbocycles. The van der Waals surface area contributed by atoms with E-state index in [0.717, 1.165) is 47.5 Å². The van der Waals surface area contributed by atoms with Crippen molar-refractivity contribution in [3.8, 4) is 0 Å². The number of carbonyl (C=O) groups excluding carboxylic acids is 1. The number of nitrogens with zero attached hydrogens (tertiary/aromatic N) is 1. The predicted octanol–water partition coefficient (Wildman–Crippen LogP) is 6.24. The molecule has 1 amide bonds. The number of rotatable bonds is 8. The maximum Gasteiger partial charge on any atom is 0.274 e. The normalized spacial score (nSPS) is 16.9. The lowest BCUT2D eigenvalue weighted by Gasteiger charge is -2.23. The van der Waals surface area contributed by atoms with Gasteiger partial charge in [0.25, 0.3) is 5.56 Å². The van der Waals surface area contributed by atoms with Crippen LogP contribution < -0.4 is 10.9 Å². The third kappa shape index (κ3) is 4.88. The minimum Gasteiger partial charge on any atom is -0.326 e. The van der Waals surface area contributed by atoms with Gasteiger partial charge in [-0.2, -0.15) is 0 Å². The van der Waals surface area contributed by atoms with Crippen LogP contribution in [0.3, 0.4) is 0 Å². The second-order valence-electron chi connectivity index (χ2n) is 10.6. The molecule has 3 aromatic carbocycles. The number of carbonyl (C=O) groups is 1. The molecule has 5 nitrogen and oxygen atoms in total. The van der Waals surface area contributed by atoms with E-state index in [9.17, 15) is 9.59 Å². The van der Waals surface area contributed by atoms with Crippen molar-refractivity contribution in [1.82, 2.24) is 9.78 Å². The number of amides is 1. The molecule has 1 heterocycles. The molecule has 1 atom stereocenters. The summed E-state index contributed by atoms with van der Waals surface area (Å²) in [6.45, 7) is 0.474. The molecule has 6 rings (SSSR count). The number of aromatic amines is 1. The lowest BCUT2D eigenvalue weighted by Crippen LogP contribution is -2.26. The summed E-state index contributed by atoms with van der Waals surface area (Å²) in [5.74, 6) is 1.11. The van der Waals surface area contributed by atoms with E-state index in [1.54, 1.807) is 4.68 Å². The Bertz CT molecular complexity index is 1420. The summed E-state index contributed by atoms with van der Waals surface area (Å²) in [4.78, 5) is 26.3. The molecule has 2 aliphatic rings. The molecule has 4 aromatic rings. The Kier molecular flexibility index (Phi) is 6.22. The molecule has 0 radical (unpaired) electrons. The molecule has 2 N–H and O–H groups in total. The molecule has 36 heavy (non-hydrogen) atoms. The van der Waals surface area contributed by atoms with E-state index in [4.69, 9.17) is 0 Å². The fraction of sp³-hybridized carbons (Fsp3) is 0.355. The van der Waals surface area contributed by atoms with E-state index < -0.39 is 0 Å². The van der Waals surface area contributed by atoms with Gasteiger partial charge >= 0.3 is 0 Å². The third-order valence-corrected chi connectivity index (χ3v) is 7.91. The molecule has 0 saturated heterocycles. The number of fused-ring (bicyclic) bond motifs is 1. The quantitative estimate of drug-likeness (QED) is 0.314. The summed E-state index contributed by atoms with van der Waals surface area (Å²) in [6.07, 6.45) is 8.31. The number of benzene rings is 3. The maximum atomic E-state index is 13.6. The molecule has 184 valence electrons. The first-order valence-electron chi connectivity index (χ1n) is 13.3. The van der Waals surface area contributed by atoms with Crippen LogP contribution in [0.1, 0.15) is 61.1 Å². The van der Waals surface area contributed by atoms with Crippen molar-refractivity contribution in [2.75, 3.05) is 5.32 Å². The first kappa shape index (κ1) is 22.8. The van der Waals surface area contributed by atoms with E-state index in [2.05, 4.69) is 52.9 Å². The van der Waals surface area contributed by atoms with Crippen LogP contribution in [0.15, 0.2) is 77.6 Å². The van der Waals surface area contributed by atoms with Crippen molar-refractivity contribution < 1.29 is 4.79 Å². The third-order valence-electron chi connectivity index (χ3n) is 7.91. The monoisotopic (exact) mass is 479 g/mol. The van der Waals surface area contributed by atoms with Gasteiger partial charge in [-0.15, -0.1) is 0 Å². The SMILES string of the molecule is O=C(Nc1cccc(CC2CC2)c1)C(c1ccc(Cn2[nH]c3ccccc3c2=O)cc1)C1CCCC1. The summed E-state index contributed by atoms with van der Waals surface area (Å²) in [5.41, 5.74) is 5.13. The number of para-hydroxylation sites is 1. The first-order chi connectivity index (χ1) is 17.6. The highest BCUT2D eigenvalue weighted by molar-refractivity contribution is 5.96.